The molecule has 0 aliphatic carbocycles. The normalized spacial score (nSPS) is 11.9. The Morgan fingerprint density at radius 3 is 1.43 bits per heavy atom. The lowest BCUT2D eigenvalue weighted by Crippen LogP contribution is -1.99. The second-order valence-corrected chi connectivity index (χ2v) is 17.0. The van der Waals surface area contributed by atoms with Gasteiger partial charge in [0.1, 0.15) is 0 Å². The minimum atomic E-state index is 0.653. The van der Waals surface area contributed by atoms with Crippen molar-refractivity contribution >= 4 is 86.1 Å². The molecule has 13 aromatic rings. The van der Waals surface area contributed by atoms with Gasteiger partial charge in [-0.05, 0) is 123 Å². The highest BCUT2D eigenvalue weighted by molar-refractivity contribution is 7.22. The van der Waals surface area contributed by atoms with Crippen LogP contribution in [0.2, 0.25) is 0 Å². The largest absolute Gasteiger partial charge is 0.208 e. The van der Waals surface area contributed by atoms with Gasteiger partial charge in [0.25, 0.3) is 0 Å². The predicted octanol–water partition coefficient (Wildman–Crippen LogP) is 15.8. The van der Waals surface area contributed by atoms with Crippen molar-refractivity contribution in [2.45, 2.75) is 0 Å². The van der Waals surface area contributed by atoms with Crippen LogP contribution in [0.3, 0.4) is 0 Å². The third-order valence-electron chi connectivity index (χ3n) is 12.4. The van der Waals surface area contributed by atoms with Gasteiger partial charge in [0.05, 0.1) is 4.88 Å². The van der Waals surface area contributed by atoms with E-state index in [1.165, 1.54) is 85.8 Å². The Labute approximate surface area is 355 Å². The van der Waals surface area contributed by atoms with E-state index >= 15 is 0 Å². The van der Waals surface area contributed by atoms with Crippen LogP contribution in [0.5, 0.6) is 0 Å². The minimum Gasteiger partial charge on any atom is -0.208 e. The van der Waals surface area contributed by atoms with Gasteiger partial charge in [-0.3, -0.25) is 0 Å². The highest BCUT2D eigenvalue weighted by atomic mass is 32.1. The summed E-state index contributed by atoms with van der Waals surface area (Å²) >= 11 is 1.71. The molecule has 0 aliphatic rings. The highest BCUT2D eigenvalue weighted by Gasteiger charge is 2.18. The number of benzene rings is 10. The molecular weight excluding hydrogens is 759 g/mol. The summed E-state index contributed by atoms with van der Waals surface area (Å²) in [5.74, 6) is 2.00. The predicted molar refractivity (Wildman–Crippen MR) is 259 cm³/mol. The smallest absolute Gasteiger partial charge is 0.174 e. The molecule has 2 aromatic heterocycles. The van der Waals surface area contributed by atoms with Crippen molar-refractivity contribution in [1.82, 2.24) is 15.0 Å². The monoisotopic (exact) mass is 791 g/mol. The van der Waals surface area contributed by atoms with E-state index in [9.17, 15) is 0 Å². The number of fused-ring (bicyclic) bond motifs is 3. The Hall–Kier alpha value is -7.79. The van der Waals surface area contributed by atoms with Crippen molar-refractivity contribution in [1.29, 1.82) is 0 Å². The molecular formula is C57H33N3S. The van der Waals surface area contributed by atoms with Gasteiger partial charge in [-0.25, -0.2) is 15.0 Å². The fourth-order valence-corrected chi connectivity index (χ4v) is 10.6. The summed E-state index contributed by atoms with van der Waals surface area (Å²) in [6, 6.07) is 72.6. The molecule has 13 rings (SSSR count). The van der Waals surface area contributed by atoms with Crippen molar-refractivity contribution < 1.29 is 0 Å². The van der Waals surface area contributed by atoms with Crippen LogP contribution in [-0.4, -0.2) is 15.0 Å². The topological polar surface area (TPSA) is 38.7 Å². The molecule has 4 heteroatoms. The molecule has 0 fully saturated rings. The molecule has 3 nitrogen and oxygen atoms in total. The van der Waals surface area contributed by atoms with Gasteiger partial charge in [-0.2, -0.15) is 0 Å². The molecule has 0 saturated carbocycles. The molecule has 282 valence electrons. The standard InChI is InChI=1S/C57H33N3S/c1-2-10-39(11-3-1)55-58-56(60-57(59-55)50-33-41-12-4-5-21-49(41)61-50)43-17-6-16-40(30-43)34-22-24-35(25-23-34)44-31-42-29-28-38-14-8-19-46-45-18-7-13-36-26-27-37-15-9-20-47(53(37)51(36)45)48(32-44)54(42)52(38)46/h1-33H. The summed E-state index contributed by atoms with van der Waals surface area (Å²) in [5, 5.41) is 16.7. The zero-order chi connectivity index (χ0) is 40.0. The van der Waals surface area contributed by atoms with Crippen LogP contribution in [0.1, 0.15) is 0 Å². The van der Waals surface area contributed by atoms with Gasteiger partial charge < -0.3 is 0 Å². The molecule has 2 heterocycles. The Morgan fingerprint density at radius 1 is 0.262 bits per heavy atom. The number of thiophene rings is 1. The fourth-order valence-electron chi connectivity index (χ4n) is 9.57. The maximum absolute atomic E-state index is 5.09. The van der Waals surface area contributed by atoms with Crippen molar-refractivity contribution in [2.75, 3.05) is 0 Å². The van der Waals surface area contributed by atoms with E-state index in [1.54, 1.807) is 11.3 Å². The van der Waals surface area contributed by atoms with Crippen molar-refractivity contribution in [3.8, 4) is 55.7 Å². The molecule has 0 atom stereocenters. The number of rotatable bonds is 5. The van der Waals surface area contributed by atoms with Gasteiger partial charge in [-0.15, -0.1) is 11.3 Å². The third kappa shape index (κ3) is 5.46. The molecule has 0 bridgehead atoms. The van der Waals surface area contributed by atoms with Crippen LogP contribution in [-0.2, 0) is 0 Å². The van der Waals surface area contributed by atoms with Crippen LogP contribution >= 0.6 is 11.3 Å². The number of hydrogen-bond acceptors (Lipinski definition) is 4. The van der Waals surface area contributed by atoms with Gasteiger partial charge in [0, 0.05) is 15.8 Å². The number of hydrogen-bond donors (Lipinski definition) is 0. The Kier molecular flexibility index (Phi) is 7.47. The van der Waals surface area contributed by atoms with Crippen LogP contribution < -0.4 is 0 Å². The Bertz CT molecular complexity index is 3830. The second-order valence-electron chi connectivity index (χ2n) is 15.9. The van der Waals surface area contributed by atoms with E-state index in [0.29, 0.717) is 17.5 Å². The van der Waals surface area contributed by atoms with Crippen molar-refractivity contribution in [3.63, 3.8) is 0 Å². The summed E-state index contributed by atoms with van der Waals surface area (Å²) in [4.78, 5) is 16.1. The Balaban J connectivity index is 0.944. The summed E-state index contributed by atoms with van der Waals surface area (Å²) in [5.41, 5.74) is 6.52. The van der Waals surface area contributed by atoms with Gasteiger partial charge in [0.15, 0.2) is 17.5 Å². The van der Waals surface area contributed by atoms with E-state index in [2.05, 4.69) is 182 Å². The first kappa shape index (κ1) is 34.1. The molecule has 61 heavy (non-hydrogen) atoms. The molecule has 0 saturated heterocycles. The zero-order valence-electron chi connectivity index (χ0n) is 32.8. The van der Waals surface area contributed by atoms with Gasteiger partial charge >= 0.3 is 0 Å². The molecule has 11 aromatic carbocycles. The van der Waals surface area contributed by atoms with Gasteiger partial charge in [0.2, 0.25) is 0 Å². The summed E-state index contributed by atoms with van der Waals surface area (Å²) < 4.78 is 1.21. The van der Waals surface area contributed by atoms with Crippen LogP contribution in [0.15, 0.2) is 200 Å². The summed E-state index contributed by atoms with van der Waals surface area (Å²) in [6.07, 6.45) is 0. The number of nitrogens with zero attached hydrogens (tertiary/aromatic N) is 3. The molecule has 0 N–H and O–H groups in total. The quantitative estimate of drug-likeness (QED) is 0.163. The number of aromatic nitrogens is 3. The SMILES string of the molecule is c1ccc(-c2nc(-c3cccc(-c4ccc(-c5cc6ccc7cccc8c9cccc%10ccc%11cccc(c(c5)c6c78)c%11c%109)cc4)c3)nc(-c3cc4ccccc4s3)n2)cc1. The van der Waals surface area contributed by atoms with Crippen LogP contribution in [0.25, 0.3) is 130 Å². The van der Waals surface area contributed by atoms with Gasteiger partial charge in [-0.1, -0.05) is 170 Å². The lowest BCUT2D eigenvalue weighted by Gasteiger charge is -2.17. The van der Waals surface area contributed by atoms with E-state index < -0.39 is 0 Å². The highest BCUT2D eigenvalue weighted by Crippen LogP contribution is 2.44. The lowest BCUT2D eigenvalue weighted by molar-refractivity contribution is 1.08. The second kappa shape index (κ2) is 13.4. The average molecular weight is 792 g/mol. The zero-order valence-corrected chi connectivity index (χ0v) is 33.6. The maximum atomic E-state index is 5.09. The molecule has 0 aliphatic heterocycles. The summed E-state index contributed by atoms with van der Waals surface area (Å²) in [6.45, 7) is 0. The minimum absolute atomic E-state index is 0.653. The molecule has 0 spiro atoms. The lowest BCUT2D eigenvalue weighted by atomic mass is 9.86. The average Bonchev–Trinajstić information content (AvgIpc) is 3.78. The van der Waals surface area contributed by atoms with E-state index in [1.807, 2.05) is 18.2 Å². The van der Waals surface area contributed by atoms with Crippen LogP contribution in [0.4, 0.5) is 0 Å². The van der Waals surface area contributed by atoms with E-state index in [4.69, 9.17) is 15.0 Å². The van der Waals surface area contributed by atoms with Crippen molar-refractivity contribution in [3.05, 3.63) is 200 Å². The fraction of sp³-hybridized carbons (Fsp3) is 0. The molecule has 0 unspecified atom stereocenters. The summed E-state index contributed by atoms with van der Waals surface area (Å²) in [7, 11) is 0. The molecule has 0 amide bonds. The van der Waals surface area contributed by atoms with Crippen molar-refractivity contribution in [2.24, 2.45) is 0 Å². The molecule has 0 radical (unpaired) electrons. The first-order valence-corrected chi connectivity index (χ1v) is 21.5. The maximum Gasteiger partial charge on any atom is 0.174 e. The first-order chi connectivity index (χ1) is 30.2. The van der Waals surface area contributed by atoms with E-state index in [-0.39, 0.29) is 0 Å². The van der Waals surface area contributed by atoms with E-state index in [0.717, 1.165) is 27.1 Å². The third-order valence-corrected chi connectivity index (χ3v) is 13.5. The van der Waals surface area contributed by atoms with Crippen LogP contribution in [0, 0.1) is 0 Å². The Morgan fingerprint density at radius 2 is 0.754 bits per heavy atom. The first-order valence-electron chi connectivity index (χ1n) is 20.7.